The normalized spacial score (nSPS) is 18.6. The highest BCUT2D eigenvalue weighted by Gasteiger charge is 2.28. The molecular formula is C14H21N3O2S. The number of thiophene rings is 1. The second kappa shape index (κ2) is 7.28. The maximum atomic E-state index is 12.1. The van der Waals surface area contributed by atoms with E-state index in [-0.39, 0.29) is 17.9 Å². The van der Waals surface area contributed by atoms with Crippen molar-refractivity contribution in [3.63, 3.8) is 0 Å². The highest BCUT2D eigenvalue weighted by Crippen LogP contribution is 2.20. The van der Waals surface area contributed by atoms with Crippen molar-refractivity contribution in [2.75, 3.05) is 25.0 Å². The number of hydrogen-bond donors (Lipinski definition) is 2. The van der Waals surface area contributed by atoms with Gasteiger partial charge in [-0.3, -0.25) is 10.1 Å². The molecule has 1 aliphatic rings. The van der Waals surface area contributed by atoms with E-state index in [1.807, 2.05) is 24.4 Å². The molecule has 3 amide bonds. The minimum absolute atomic E-state index is 0.0699. The Balaban J connectivity index is 1.86. The van der Waals surface area contributed by atoms with E-state index in [0.29, 0.717) is 13.1 Å². The van der Waals surface area contributed by atoms with Crippen LogP contribution in [0.4, 0.5) is 9.80 Å². The average molecular weight is 295 g/mol. The summed E-state index contributed by atoms with van der Waals surface area (Å²) in [6, 6.07) is 3.66. The standard InChI is InChI=1S/C14H21N3O2S/c1-2-7-15-13(18)11-5-3-8-17(10-11)14(19)16-12-6-4-9-20-12/h4,6,9,11H,2-3,5,7-8,10H2,1H3,(H,15,18)(H,16,19). The van der Waals surface area contributed by atoms with Gasteiger partial charge in [0, 0.05) is 19.6 Å². The zero-order valence-corrected chi connectivity index (χ0v) is 12.5. The van der Waals surface area contributed by atoms with E-state index in [4.69, 9.17) is 0 Å². The Morgan fingerprint density at radius 3 is 3.05 bits per heavy atom. The van der Waals surface area contributed by atoms with E-state index < -0.39 is 0 Å². The first-order chi connectivity index (χ1) is 9.70. The zero-order valence-electron chi connectivity index (χ0n) is 11.7. The molecule has 6 heteroatoms. The summed E-state index contributed by atoms with van der Waals surface area (Å²) >= 11 is 1.50. The van der Waals surface area contributed by atoms with E-state index >= 15 is 0 Å². The average Bonchev–Trinajstić information content (AvgIpc) is 2.97. The monoisotopic (exact) mass is 295 g/mol. The van der Waals surface area contributed by atoms with E-state index in [0.717, 1.165) is 30.8 Å². The molecule has 0 saturated carbocycles. The number of amides is 3. The Morgan fingerprint density at radius 1 is 1.50 bits per heavy atom. The largest absolute Gasteiger partial charge is 0.356 e. The van der Waals surface area contributed by atoms with Crippen LogP contribution in [0.15, 0.2) is 17.5 Å². The fourth-order valence-electron chi connectivity index (χ4n) is 2.30. The Labute approximate surface area is 123 Å². The lowest BCUT2D eigenvalue weighted by atomic mass is 9.97. The van der Waals surface area contributed by atoms with Crippen LogP contribution in [0.5, 0.6) is 0 Å². The van der Waals surface area contributed by atoms with Gasteiger partial charge in [0.05, 0.1) is 10.9 Å². The van der Waals surface area contributed by atoms with Crippen LogP contribution in [0.25, 0.3) is 0 Å². The lowest BCUT2D eigenvalue weighted by Crippen LogP contribution is -2.46. The fraction of sp³-hybridized carbons (Fsp3) is 0.571. The molecule has 110 valence electrons. The third-order valence-corrected chi connectivity index (χ3v) is 4.17. The maximum Gasteiger partial charge on any atom is 0.322 e. The van der Waals surface area contributed by atoms with Crippen LogP contribution in [0.3, 0.4) is 0 Å². The number of carbonyl (C=O) groups excluding carboxylic acids is 2. The number of nitrogens with one attached hydrogen (secondary N) is 2. The Hall–Kier alpha value is -1.56. The van der Waals surface area contributed by atoms with Gasteiger partial charge in [0.2, 0.25) is 5.91 Å². The van der Waals surface area contributed by atoms with Gasteiger partial charge >= 0.3 is 6.03 Å². The summed E-state index contributed by atoms with van der Waals surface area (Å²) in [7, 11) is 0. The molecule has 0 bridgehead atoms. The predicted molar refractivity (Wildman–Crippen MR) is 80.9 cm³/mol. The van der Waals surface area contributed by atoms with Crippen LogP contribution < -0.4 is 10.6 Å². The lowest BCUT2D eigenvalue weighted by molar-refractivity contribution is -0.126. The Kier molecular flexibility index (Phi) is 5.40. The first-order valence-electron chi connectivity index (χ1n) is 7.08. The number of rotatable bonds is 4. The lowest BCUT2D eigenvalue weighted by Gasteiger charge is -2.31. The van der Waals surface area contributed by atoms with Gasteiger partial charge in [-0.2, -0.15) is 0 Å². The number of hydrogen-bond acceptors (Lipinski definition) is 3. The molecule has 1 atom stereocenters. The van der Waals surface area contributed by atoms with E-state index in [1.165, 1.54) is 11.3 Å². The minimum Gasteiger partial charge on any atom is -0.356 e. The SMILES string of the molecule is CCCNC(=O)C1CCCN(C(=O)Nc2cccs2)C1. The Bertz CT molecular complexity index is 447. The van der Waals surface area contributed by atoms with E-state index in [9.17, 15) is 9.59 Å². The summed E-state index contributed by atoms with van der Waals surface area (Å²) < 4.78 is 0. The molecule has 2 heterocycles. The van der Waals surface area contributed by atoms with Crippen molar-refractivity contribution >= 4 is 28.3 Å². The van der Waals surface area contributed by atoms with Crippen LogP contribution in [-0.4, -0.2) is 36.5 Å². The van der Waals surface area contributed by atoms with Gasteiger partial charge in [0.15, 0.2) is 0 Å². The molecule has 1 aromatic rings. The summed E-state index contributed by atoms with van der Waals surface area (Å²) in [5.74, 6) is -0.00939. The maximum absolute atomic E-state index is 12.1. The fourth-order valence-corrected chi connectivity index (χ4v) is 2.91. The van der Waals surface area contributed by atoms with Gasteiger partial charge in [-0.15, -0.1) is 11.3 Å². The number of nitrogens with zero attached hydrogens (tertiary/aromatic N) is 1. The zero-order chi connectivity index (χ0) is 14.4. The van der Waals surface area contributed by atoms with Crippen molar-refractivity contribution in [1.82, 2.24) is 10.2 Å². The quantitative estimate of drug-likeness (QED) is 0.896. The number of anilines is 1. The summed E-state index contributed by atoms with van der Waals surface area (Å²) in [5, 5.41) is 8.54. The number of carbonyl (C=O) groups is 2. The van der Waals surface area contributed by atoms with Crippen LogP contribution in [-0.2, 0) is 4.79 Å². The molecule has 1 unspecified atom stereocenters. The molecular weight excluding hydrogens is 274 g/mol. The van der Waals surface area contributed by atoms with Gasteiger partial charge in [0.25, 0.3) is 0 Å². The van der Waals surface area contributed by atoms with Crippen LogP contribution in [0.2, 0.25) is 0 Å². The second-order valence-corrected chi connectivity index (χ2v) is 5.93. The van der Waals surface area contributed by atoms with Crippen LogP contribution in [0.1, 0.15) is 26.2 Å². The van der Waals surface area contributed by atoms with Crippen molar-refractivity contribution in [1.29, 1.82) is 0 Å². The molecule has 20 heavy (non-hydrogen) atoms. The van der Waals surface area contributed by atoms with Crippen molar-refractivity contribution < 1.29 is 9.59 Å². The van der Waals surface area contributed by atoms with Crippen LogP contribution in [0, 0.1) is 5.92 Å². The molecule has 2 rings (SSSR count). The van der Waals surface area contributed by atoms with Gasteiger partial charge in [-0.25, -0.2) is 4.79 Å². The van der Waals surface area contributed by atoms with Gasteiger partial charge in [0.1, 0.15) is 0 Å². The summed E-state index contributed by atoms with van der Waals surface area (Å²) in [6.07, 6.45) is 2.67. The highest BCUT2D eigenvalue weighted by atomic mass is 32.1. The molecule has 0 radical (unpaired) electrons. The molecule has 0 aromatic carbocycles. The number of piperidine rings is 1. The highest BCUT2D eigenvalue weighted by molar-refractivity contribution is 7.14. The second-order valence-electron chi connectivity index (χ2n) is 4.98. The predicted octanol–water partition coefficient (Wildman–Crippen LogP) is 2.52. The summed E-state index contributed by atoms with van der Waals surface area (Å²) in [6.45, 7) is 3.96. The molecule has 0 aliphatic carbocycles. The van der Waals surface area contributed by atoms with E-state index in [2.05, 4.69) is 10.6 Å². The third kappa shape index (κ3) is 3.96. The minimum atomic E-state index is -0.111. The van der Waals surface area contributed by atoms with Crippen molar-refractivity contribution in [3.8, 4) is 0 Å². The molecule has 1 fully saturated rings. The van der Waals surface area contributed by atoms with Gasteiger partial charge in [-0.1, -0.05) is 6.92 Å². The van der Waals surface area contributed by atoms with Crippen LogP contribution >= 0.6 is 11.3 Å². The molecule has 2 N–H and O–H groups in total. The third-order valence-electron chi connectivity index (χ3n) is 3.38. The first kappa shape index (κ1) is 14.8. The number of urea groups is 1. The molecule has 1 saturated heterocycles. The molecule has 1 aliphatic heterocycles. The first-order valence-corrected chi connectivity index (χ1v) is 7.95. The topological polar surface area (TPSA) is 61.4 Å². The number of likely N-dealkylation sites (tertiary alicyclic amines) is 1. The summed E-state index contributed by atoms with van der Waals surface area (Å²) in [4.78, 5) is 25.8. The van der Waals surface area contributed by atoms with Crippen molar-refractivity contribution in [2.45, 2.75) is 26.2 Å². The molecule has 5 nitrogen and oxygen atoms in total. The van der Waals surface area contributed by atoms with Crippen molar-refractivity contribution in [2.24, 2.45) is 5.92 Å². The smallest absolute Gasteiger partial charge is 0.322 e. The summed E-state index contributed by atoms with van der Waals surface area (Å²) in [5.41, 5.74) is 0. The molecule has 1 aromatic heterocycles. The van der Waals surface area contributed by atoms with E-state index in [1.54, 1.807) is 4.90 Å². The van der Waals surface area contributed by atoms with Gasteiger partial charge in [-0.05, 0) is 36.8 Å². The molecule has 0 spiro atoms. The van der Waals surface area contributed by atoms with Gasteiger partial charge < -0.3 is 10.2 Å². The van der Waals surface area contributed by atoms with Crippen molar-refractivity contribution in [3.05, 3.63) is 17.5 Å². The Morgan fingerprint density at radius 2 is 2.35 bits per heavy atom.